The van der Waals surface area contributed by atoms with Crippen LogP contribution in [0.25, 0.3) is 11.3 Å². The monoisotopic (exact) mass is 456 g/mol. The standard InChI is InChI=1S/C26H28N6O2/c1-30(22-11-17-5-7-19(22)10-17)14-18-6-8-23-28-20(16-31(23)15-18)13-27-26(34)21-12-25(33)32-9-3-2-4-24(32)29-21/h2-4,6,8-9,12,15-17,19,22H,5,7,10-11,13-14H2,1H3,(H,27,34)/t17-,19+,22-/m0/s1. The Labute approximate surface area is 197 Å². The third-order valence-corrected chi connectivity index (χ3v) is 7.49. The van der Waals surface area contributed by atoms with Gasteiger partial charge in [-0.1, -0.05) is 18.6 Å². The van der Waals surface area contributed by atoms with Gasteiger partial charge in [0.15, 0.2) is 0 Å². The van der Waals surface area contributed by atoms with Crippen LogP contribution < -0.4 is 10.9 Å². The van der Waals surface area contributed by atoms with Crippen LogP contribution in [0.2, 0.25) is 0 Å². The molecule has 2 aliphatic rings. The maximum atomic E-state index is 12.6. The molecule has 4 heterocycles. The zero-order chi connectivity index (χ0) is 23.2. The van der Waals surface area contributed by atoms with Crippen LogP contribution in [0.5, 0.6) is 0 Å². The van der Waals surface area contributed by atoms with Crippen LogP contribution in [0.1, 0.15) is 47.4 Å². The number of nitrogens with zero attached hydrogens (tertiary/aromatic N) is 5. The van der Waals surface area contributed by atoms with Gasteiger partial charge in [0.25, 0.3) is 11.5 Å². The molecule has 1 amide bonds. The largest absolute Gasteiger partial charge is 0.345 e. The maximum Gasteiger partial charge on any atom is 0.270 e. The molecule has 34 heavy (non-hydrogen) atoms. The maximum absolute atomic E-state index is 12.6. The van der Waals surface area contributed by atoms with E-state index in [1.165, 1.54) is 41.7 Å². The van der Waals surface area contributed by atoms with E-state index in [-0.39, 0.29) is 17.8 Å². The molecule has 3 atom stereocenters. The van der Waals surface area contributed by atoms with Crippen molar-refractivity contribution in [2.24, 2.45) is 11.8 Å². The molecule has 2 aliphatic carbocycles. The Hall–Kier alpha value is -3.52. The van der Waals surface area contributed by atoms with Crippen LogP contribution >= 0.6 is 0 Å². The van der Waals surface area contributed by atoms with E-state index in [9.17, 15) is 9.59 Å². The number of carbonyl (C=O) groups excluding carboxylic acids is 1. The summed E-state index contributed by atoms with van der Waals surface area (Å²) < 4.78 is 3.43. The molecule has 0 unspecified atom stereocenters. The number of hydrogen-bond acceptors (Lipinski definition) is 5. The van der Waals surface area contributed by atoms with Crippen molar-refractivity contribution in [2.45, 2.75) is 44.8 Å². The van der Waals surface area contributed by atoms with E-state index in [4.69, 9.17) is 0 Å². The number of hydrogen-bond donors (Lipinski definition) is 1. The van der Waals surface area contributed by atoms with Gasteiger partial charge in [-0.3, -0.25) is 18.9 Å². The van der Waals surface area contributed by atoms with Gasteiger partial charge >= 0.3 is 0 Å². The Kier molecular flexibility index (Phi) is 5.17. The Bertz CT molecular complexity index is 1440. The number of carbonyl (C=O) groups is 1. The van der Waals surface area contributed by atoms with Gasteiger partial charge < -0.3 is 9.72 Å². The van der Waals surface area contributed by atoms with Gasteiger partial charge in [0.2, 0.25) is 0 Å². The fraction of sp³-hybridized carbons (Fsp3) is 0.385. The first kappa shape index (κ1) is 21.0. The van der Waals surface area contributed by atoms with Gasteiger partial charge in [-0.05, 0) is 61.9 Å². The SMILES string of the molecule is CN(Cc1ccc2nc(CNC(=O)c3cc(=O)n4ccccc4n3)cn2c1)[C@H]1C[C@H]2CC[C@@H]1C2. The first-order chi connectivity index (χ1) is 16.5. The Morgan fingerprint density at radius 1 is 1.12 bits per heavy atom. The third kappa shape index (κ3) is 3.88. The van der Waals surface area contributed by atoms with Gasteiger partial charge in [0.1, 0.15) is 17.0 Å². The smallest absolute Gasteiger partial charge is 0.270 e. The molecule has 1 N–H and O–H groups in total. The van der Waals surface area contributed by atoms with Crippen LogP contribution in [0.15, 0.2) is 59.8 Å². The summed E-state index contributed by atoms with van der Waals surface area (Å²) in [7, 11) is 2.25. The molecule has 2 fully saturated rings. The summed E-state index contributed by atoms with van der Waals surface area (Å²) in [6, 6.07) is 11.4. The predicted octanol–water partition coefficient (Wildman–Crippen LogP) is 2.89. The topological polar surface area (TPSA) is 84.0 Å². The van der Waals surface area contributed by atoms with Gasteiger partial charge in [-0.15, -0.1) is 0 Å². The van der Waals surface area contributed by atoms with E-state index >= 15 is 0 Å². The van der Waals surface area contributed by atoms with Crippen molar-refractivity contribution in [3.05, 3.63) is 82.3 Å². The van der Waals surface area contributed by atoms with Gasteiger partial charge in [-0.2, -0.15) is 0 Å². The highest BCUT2D eigenvalue weighted by Crippen LogP contribution is 2.46. The third-order valence-electron chi connectivity index (χ3n) is 7.49. The summed E-state index contributed by atoms with van der Waals surface area (Å²) in [5, 5.41) is 2.83. The Balaban J connectivity index is 1.13. The summed E-state index contributed by atoms with van der Waals surface area (Å²) >= 11 is 0. The molecule has 0 aliphatic heterocycles. The summed E-state index contributed by atoms with van der Waals surface area (Å²) in [6.07, 6.45) is 11.3. The molecule has 4 aromatic rings. The highest BCUT2D eigenvalue weighted by atomic mass is 16.2. The molecule has 0 aromatic carbocycles. The molecule has 8 nitrogen and oxygen atoms in total. The Morgan fingerprint density at radius 3 is 2.85 bits per heavy atom. The van der Waals surface area contributed by atoms with Gasteiger partial charge in [0.05, 0.1) is 12.2 Å². The second-order valence-electron chi connectivity index (χ2n) is 9.78. The van der Waals surface area contributed by atoms with Crippen LogP contribution in [0, 0.1) is 11.8 Å². The lowest BCUT2D eigenvalue weighted by molar-refractivity contribution is 0.0945. The van der Waals surface area contributed by atoms with Crippen LogP contribution in [-0.4, -0.2) is 42.7 Å². The highest BCUT2D eigenvalue weighted by molar-refractivity contribution is 5.92. The number of pyridine rings is 2. The minimum Gasteiger partial charge on any atom is -0.345 e. The van der Waals surface area contributed by atoms with Crippen molar-refractivity contribution >= 4 is 17.2 Å². The van der Waals surface area contributed by atoms with Crippen LogP contribution in [-0.2, 0) is 13.1 Å². The van der Waals surface area contributed by atoms with E-state index in [1.54, 1.807) is 24.4 Å². The van der Waals surface area contributed by atoms with Crippen LogP contribution in [0.3, 0.4) is 0 Å². The quantitative estimate of drug-likeness (QED) is 0.482. The average Bonchev–Trinajstić information content (AvgIpc) is 3.58. The first-order valence-corrected chi connectivity index (χ1v) is 12.0. The summed E-state index contributed by atoms with van der Waals surface area (Å²) in [5.74, 6) is 1.42. The van der Waals surface area contributed by atoms with Crippen molar-refractivity contribution in [1.29, 1.82) is 0 Å². The number of amides is 1. The lowest BCUT2D eigenvalue weighted by Crippen LogP contribution is -2.35. The van der Waals surface area contributed by atoms with Crippen molar-refractivity contribution in [1.82, 2.24) is 29.0 Å². The highest BCUT2D eigenvalue weighted by Gasteiger charge is 2.41. The van der Waals surface area contributed by atoms with Gasteiger partial charge in [-0.25, -0.2) is 9.97 Å². The first-order valence-electron chi connectivity index (χ1n) is 12.0. The normalized spacial score (nSPS) is 21.6. The number of nitrogens with one attached hydrogen (secondary N) is 1. The van der Waals surface area contributed by atoms with Gasteiger partial charge in [0, 0.05) is 37.2 Å². The van der Waals surface area contributed by atoms with E-state index in [2.05, 4.69) is 39.5 Å². The van der Waals surface area contributed by atoms with Crippen LogP contribution in [0.4, 0.5) is 0 Å². The van der Waals surface area contributed by atoms with E-state index in [0.29, 0.717) is 11.7 Å². The lowest BCUT2D eigenvalue weighted by Gasteiger charge is -2.31. The number of aromatic nitrogens is 4. The lowest BCUT2D eigenvalue weighted by atomic mass is 9.94. The van der Waals surface area contributed by atoms with E-state index < -0.39 is 5.91 Å². The van der Waals surface area contributed by atoms with Crippen molar-refractivity contribution in [3.63, 3.8) is 0 Å². The Morgan fingerprint density at radius 2 is 2.03 bits per heavy atom. The number of rotatable bonds is 6. The molecular formula is C26H28N6O2. The summed E-state index contributed by atoms with van der Waals surface area (Å²) in [4.78, 5) is 36.3. The molecule has 0 radical (unpaired) electrons. The minimum absolute atomic E-state index is 0.103. The fourth-order valence-electron chi connectivity index (χ4n) is 5.86. The molecule has 2 bridgehead atoms. The second-order valence-corrected chi connectivity index (χ2v) is 9.78. The average molecular weight is 457 g/mol. The molecular weight excluding hydrogens is 428 g/mol. The minimum atomic E-state index is -0.395. The van der Waals surface area contributed by atoms with Crippen molar-refractivity contribution < 1.29 is 4.79 Å². The van der Waals surface area contributed by atoms with Crippen molar-refractivity contribution in [2.75, 3.05) is 7.05 Å². The molecule has 4 aromatic heterocycles. The molecule has 174 valence electrons. The molecule has 0 saturated heterocycles. The zero-order valence-corrected chi connectivity index (χ0v) is 19.2. The molecule has 2 saturated carbocycles. The summed E-state index contributed by atoms with van der Waals surface area (Å²) in [6.45, 7) is 1.19. The van der Waals surface area contributed by atoms with E-state index in [0.717, 1.165) is 29.7 Å². The molecule has 8 heteroatoms. The number of fused-ring (bicyclic) bond motifs is 4. The predicted molar refractivity (Wildman–Crippen MR) is 129 cm³/mol. The van der Waals surface area contributed by atoms with Crippen molar-refractivity contribution in [3.8, 4) is 0 Å². The zero-order valence-electron chi connectivity index (χ0n) is 19.2. The van der Waals surface area contributed by atoms with E-state index in [1.807, 2.05) is 16.7 Å². The molecule has 6 rings (SSSR count). The second kappa shape index (κ2) is 8.36. The number of imidazole rings is 1. The molecule has 0 spiro atoms. The fourth-order valence-corrected chi connectivity index (χ4v) is 5.86. The summed E-state index contributed by atoms with van der Waals surface area (Å²) in [5.41, 5.74) is 3.11.